The van der Waals surface area contributed by atoms with Gasteiger partial charge in [0, 0.05) is 4.92 Å². The summed E-state index contributed by atoms with van der Waals surface area (Å²) in [6.45, 7) is -2.01. The van der Waals surface area contributed by atoms with Crippen LogP contribution in [0, 0.1) is 40.5 Å². The van der Waals surface area contributed by atoms with E-state index < -0.39 is 32.0 Å². The van der Waals surface area contributed by atoms with Crippen molar-refractivity contribution < 1.29 is 19.7 Å². The molecule has 0 atom stereocenters. The van der Waals surface area contributed by atoms with E-state index in [1.165, 1.54) is 0 Å². The Hall–Kier alpha value is -2.40. The molecule has 0 N–H and O–H groups in total. The van der Waals surface area contributed by atoms with Crippen LogP contribution >= 0.6 is 0 Å². The highest BCUT2D eigenvalue weighted by Crippen LogP contribution is 2.12. The van der Waals surface area contributed by atoms with Crippen molar-refractivity contribution >= 4 is 0 Å². The van der Waals surface area contributed by atoms with Gasteiger partial charge in [-0.3, -0.25) is 40.5 Å². The smallest absolute Gasteiger partial charge is 0.264 e. The monoisotopic (exact) mass is 210 g/mol. The second-order valence-corrected chi connectivity index (χ2v) is 2.04. The fraction of sp³-hybridized carbons (Fsp3) is 1.00. The van der Waals surface area contributed by atoms with E-state index in [0.717, 1.165) is 0 Å². The van der Waals surface area contributed by atoms with Crippen molar-refractivity contribution in [3.8, 4) is 0 Å². The quantitative estimate of drug-likeness (QED) is 0.307. The number of hydrogen-bond donors (Lipinski definition) is 0. The first-order valence-corrected chi connectivity index (χ1v) is 2.80. The molecular formula is C2H2N4O8. The Bertz CT molecular complexity index is 272. The van der Waals surface area contributed by atoms with E-state index in [9.17, 15) is 40.5 Å². The molecule has 14 heavy (non-hydrogen) atoms. The first kappa shape index (κ1) is 11.6. The Morgan fingerprint density at radius 1 is 0.786 bits per heavy atom. The van der Waals surface area contributed by atoms with Crippen molar-refractivity contribution in [2.75, 3.05) is 6.54 Å². The van der Waals surface area contributed by atoms with Crippen LogP contribution < -0.4 is 0 Å². The molecule has 0 bridgehead atoms. The molecular weight excluding hydrogens is 208 g/mol. The maximum Gasteiger partial charge on any atom is 0.764 e. The molecule has 0 radical (unpaired) electrons. The first-order chi connectivity index (χ1) is 6.25. The van der Waals surface area contributed by atoms with Crippen LogP contribution in [0.15, 0.2) is 0 Å². The Morgan fingerprint density at radius 3 is 1.14 bits per heavy atom. The van der Waals surface area contributed by atoms with Crippen molar-refractivity contribution in [1.29, 1.82) is 0 Å². The zero-order valence-electron chi connectivity index (χ0n) is 6.26. The summed E-state index contributed by atoms with van der Waals surface area (Å²) in [5, 5.41) is 40.0. The van der Waals surface area contributed by atoms with Gasteiger partial charge in [0.1, 0.15) is 0 Å². The minimum Gasteiger partial charge on any atom is -0.264 e. The van der Waals surface area contributed by atoms with Crippen LogP contribution in [0.25, 0.3) is 0 Å². The van der Waals surface area contributed by atoms with Gasteiger partial charge in [-0.05, 0) is 0 Å². The largest absolute Gasteiger partial charge is 0.764 e. The molecule has 12 nitrogen and oxygen atoms in total. The van der Waals surface area contributed by atoms with Crippen molar-refractivity contribution in [1.82, 2.24) is 0 Å². The van der Waals surface area contributed by atoms with Crippen molar-refractivity contribution in [2.45, 2.75) is 5.79 Å². The van der Waals surface area contributed by atoms with Gasteiger partial charge in [0.15, 0.2) is 14.8 Å². The average Bonchev–Trinajstić information content (AvgIpc) is 1.97. The predicted molar refractivity (Wildman–Crippen MR) is 35.6 cm³/mol. The van der Waals surface area contributed by atoms with E-state index in [4.69, 9.17) is 0 Å². The summed E-state index contributed by atoms with van der Waals surface area (Å²) in [5.41, 5.74) is 0. The number of nitro groups is 4. The number of rotatable bonds is 5. The minimum absolute atomic E-state index is 1.49. The lowest BCUT2D eigenvalue weighted by atomic mass is 10.4. The third-order valence-electron chi connectivity index (χ3n) is 1.22. The van der Waals surface area contributed by atoms with Crippen molar-refractivity contribution in [3.63, 3.8) is 0 Å². The highest BCUT2D eigenvalue weighted by Gasteiger charge is 2.75. The molecule has 0 fully saturated rings. The standard InChI is InChI=1S/C2H2N4O8/c7-3(8)1-2(4(9)10,5(11)12)6(13)14/h1H2. The Kier molecular flexibility index (Phi) is 2.94. The summed E-state index contributed by atoms with van der Waals surface area (Å²) < 4.78 is 0. The van der Waals surface area contributed by atoms with Crippen LogP contribution in [0.1, 0.15) is 0 Å². The second kappa shape index (κ2) is 3.55. The topological polar surface area (TPSA) is 173 Å². The van der Waals surface area contributed by atoms with Crippen LogP contribution in [0.2, 0.25) is 0 Å². The third kappa shape index (κ3) is 1.67. The maximum atomic E-state index is 10.1. The average molecular weight is 210 g/mol. The van der Waals surface area contributed by atoms with E-state index in [2.05, 4.69) is 0 Å². The van der Waals surface area contributed by atoms with Gasteiger partial charge in [0.25, 0.3) is 0 Å². The molecule has 0 aliphatic rings. The van der Waals surface area contributed by atoms with E-state index >= 15 is 0 Å². The maximum absolute atomic E-state index is 10.1. The Balaban J connectivity index is 5.38. The molecule has 78 valence electrons. The Labute approximate surface area is 73.7 Å². The lowest BCUT2D eigenvalue weighted by Gasteiger charge is -2.03. The summed E-state index contributed by atoms with van der Waals surface area (Å²) in [6.07, 6.45) is 0. The SMILES string of the molecule is O=[N+]([O-])CC([N+](=O)[O-])([N+](=O)[O-])[N+](=O)[O-]. The van der Waals surface area contributed by atoms with Crippen LogP contribution in [0.5, 0.6) is 0 Å². The molecule has 0 heterocycles. The van der Waals surface area contributed by atoms with E-state index in [0.29, 0.717) is 0 Å². The van der Waals surface area contributed by atoms with E-state index in [-0.39, 0.29) is 0 Å². The third-order valence-corrected chi connectivity index (χ3v) is 1.22. The second-order valence-electron chi connectivity index (χ2n) is 2.04. The van der Waals surface area contributed by atoms with Crippen molar-refractivity contribution in [3.05, 3.63) is 40.5 Å². The molecule has 0 unspecified atom stereocenters. The molecule has 0 saturated heterocycles. The van der Waals surface area contributed by atoms with Gasteiger partial charge in [-0.15, -0.1) is 0 Å². The van der Waals surface area contributed by atoms with Gasteiger partial charge >= 0.3 is 12.3 Å². The zero-order chi connectivity index (χ0) is 11.5. The lowest BCUT2D eigenvalue weighted by molar-refractivity contribution is -0.983. The molecule has 12 heteroatoms. The molecule has 0 aromatic rings. The fourth-order valence-electron chi connectivity index (χ4n) is 0.546. The molecule has 0 rings (SSSR count). The van der Waals surface area contributed by atoms with Gasteiger partial charge < -0.3 is 0 Å². The van der Waals surface area contributed by atoms with Gasteiger partial charge in [-0.25, -0.2) is 0 Å². The molecule has 0 saturated carbocycles. The summed E-state index contributed by atoms with van der Waals surface area (Å²) in [4.78, 5) is 32.8. The molecule has 0 aliphatic heterocycles. The van der Waals surface area contributed by atoms with Gasteiger partial charge in [-0.2, -0.15) is 0 Å². The number of nitrogens with zero attached hydrogens (tertiary/aromatic N) is 4. The van der Waals surface area contributed by atoms with Gasteiger partial charge in [-0.1, -0.05) is 0 Å². The van der Waals surface area contributed by atoms with Gasteiger partial charge in [0.05, 0.1) is 0 Å². The highest BCUT2D eigenvalue weighted by molar-refractivity contribution is 4.50. The Morgan fingerprint density at radius 2 is 1.07 bits per heavy atom. The molecule has 0 amide bonds. The normalized spacial score (nSPS) is 10.6. The predicted octanol–water partition coefficient (Wildman–Crippen LogP) is -1.25. The van der Waals surface area contributed by atoms with Crippen LogP contribution in [-0.2, 0) is 0 Å². The van der Waals surface area contributed by atoms with Crippen LogP contribution in [0.3, 0.4) is 0 Å². The summed E-state index contributed by atoms with van der Waals surface area (Å²) in [5.74, 6) is -4.01. The minimum atomic E-state index is -4.01. The van der Waals surface area contributed by atoms with Gasteiger partial charge in [0.2, 0.25) is 0 Å². The first-order valence-electron chi connectivity index (χ1n) is 2.80. The highest BCUT2D eigenvalue weighted by atomic mass is 16.7. The van der Waals surface area contributed by atoms with E-state index in [1.54, 1.807) is 0 Å². The van der Waals surface area contributed by atoms with E-state index in [1.807, 2.05) is 0 Å². The molecule has 0 spiro atoms. The molecule has 0 aromatic carbocycles. The van der Waals surface area contributed by atoms with Crippen LogP contribution in [0.4, 0.5) is 0 Å². The van der Waals surface area contributed by atoms with Crippen LogP contribution in [-0.4, -0.2) is 32.0 Å². The zero-order valence-corrected chi connectivity index (χ0v) is 6.26. The summed E-state index contributed by atoms with van der Waals surface area (Å²) in [6, 6.07) is 0. The molecule has 0 aromatic heterocycles. The summed E-state index contributed by atoms with van der Waals surface area (Å²) in [7, 11) is 0. The fourth-order valence-corrected chi connectivity index (χ4v) is 0.546. The van der Waals surface area contributed by atoms with Crippen molar-refractivity contribution in [2.24, 2.45) is 0 Å². The lowest BCUT2D eigenvalue weighted by Crippen LogP contribution is -2.57. The summed E-state index contributed by atoms with van der Waals surface area (Å²) >= 11 is 0. The number of hydrogen-bond acceptors (Lipinski definition) is 8. The molecule has 0 aliphatic carbocycles.